The lowest BCUT2D eigenvalue weighted by Gasteiger charge is -2.47. The van der Waals surface area contributed by atoms with E-state index in [0.29, 0.717) is 18.0 Å². The number of benzene rings is 2. The zero-order chi connectivity index (χ0) is 21.1. The van der Waals surface area contributed by atoms with Gasteiger partial charge in [-0.25, -0.2) is 13.1 Å². The van der Waals surface area contributed by atoms with Crippen molar-refractivity contribution in [2.24, 2.45) is 0 Å². The van der Waals surface area contributed by atoms with Gasteiger partial charge in [-0.2, -0.15) is 0 Å². The van der Waals surface area contributed by atoms with E-state index in [2.05, 4.69) is 49.8 Å². The molecule has 0 spiro atoms. The topological polar surface area (TPSA) is 55.4 Å². The van der Waals surface area contributed by atoms with E-state index in [1.165, 1.54) is 11.1 Å². The molecule has 0 saturated carbocycles. The zero-order valence-corrected chi connectivity index (χ0v) is 18.8. The van der Waals surface area contributed by atoms with Gasteiger partial charge >= 0.3 is 0 Å². The van der Waals surface area contributed by atoms with Crippen molar-refractivity contribution in [2.75, 3.05) is 13.2 Å². The highest BCUT2D eigenvalue weighted by molar-refractivity contribution is 7.89. The second-order valence-electron chi connectivity index (χ2n) is 8.69. The molecule has 3 rings (SSSR count). The SMILES string of the molecule is CC[C@@]1(C)C[C@@](CCNS(=O)(=O)c2ccc(C)cc2)(c2ccc(C)cc2)CCO1. The van der Waals surface area contributed by atoms with Crippen molar-refractivity contribution >= 4 is 10.0 Å². The highest BCUT2D eigenvalue weighted by atomic mass is 32.2. The highest BCUT2D eigenvalue weighted by Crippen LogP contribution is 2.45. The molecule has 0 unspecified atom stereocenters. The Balaban J connectivity index is 1.80. The first-order chi connectivity index (χ1) is 13.7. The third kappa shape index (κ3) is 5.08. The first-order valence-corrected chi connectivity index (χ1v) is 11.9. The van der Waals surface area contributed by atoms with Crippen LogP contribution < -0.4 is 4.72 Å². The lowest BCUT2D eigenvalue weighted by atomic mass is 9.66. The minimum absolute atomic E-state index is 0.0908. The van der Waals surface area contributed by atoms with E-state index in [1.54, 1.807) is 12.1 Å². The Morgan fingerprint density at radius 3 is 2.17 bits per heavy atom. The molecular formula is C24H33NO3S. The molecule has 1 saturated heterocycles. The lowest BCUT2D eigenvalue weighted by molar-refractivity contribution is -0.0977. The largest absolute Gasteiger partial charge is 0.375 e. The molecule has 2 aromatic rings. The molecular weight excluding hydrogens is 382 g/mol. The fourth-order valence-corrected chi connectivity index (χ4v) is 5.34. The summed E-state index contributed by atoms with van der Waals surface area (Å²) in [6, 6.07) is 15.7. The van der Waals surface area contributed by atoms with Crippen LogP contribution in [0, 0.1) is 13.8 Å². The summed E-state index contributed by atoms with van der Waals surface area (Å²) in [6.07, 6.45) is 3.49. The van der Waals surface area contributed by atoms with E-state index < -0.39 is 10.0 Å². The van der Waals surface area contributed by atoms with Crippen molar-refractivity contribution in [1.82, 2.24) is 4.72 Å². The number of sulfonamides is 1. The van der Waals surface area contributed by atoms with Gasteiger partial charge in [-0.1, -0.05) is 54.4 Å². The van der Waals surface area contributed by atoms with Gasteiger partial charge in [-0.15, -0.1) is 0 Å². The van der Waals surface area contributed by atoms with Gasteiger partial charge in [0.1, 0.15) is 0 Å². The van der Waals surface area contributed by atoms with Crippen LogP contribution in [0.2, 0.25) is 0 Å². The van der Waals surface area contributed by atoms with E-state index in [9.17, 15) is 8.42 Å². The molecule has 4 nitrogen and oxygen atoms in total. The molecule has 158 valence electrons. The van der Waals surface area contributed by atoms with Gasteiger partial charge in [-0.3, -0.25) is 0 Å². The van der Waals surface area contributed by atoms with Crippen molar-refractivity contribution in [3.8, 4) is 0 Å². The Morgan fingerprint density at radius 1 is 1.00 bits per heavy atom. The number of aryl methyl sites for hydroxylation is 2. The Labute approximate surface area is 175 Å². The molecule has 0 aromatic heterocycles. The molecule has 1 aliphatic rings. The number of rotatable bonds is 7. The van der Waals surface area contributed by atoms with Gasteiger partial charge in [0.15, 0.2) is 0 Å². The maximum Gasteiger partial charge on any atom is 0.240 e. The maximum absolute atomic E-state index is 12.7. The first kappa shape index (κ1) is 22.0. The van der Waals surface area contributed by atoms with Gasteiger partial charge in [0.25, 0.3) is 0 Å². The van der Waals surface area contributed by atoms with Crippen molar-refractivity contribution in [1.29, 1.82) is 0 Å². The highest BCUT2D eigenvalue weighted by Gasteiger charge is 2.43. The molecule has 1 N–H and O–H groups in total. The molecule has 1 heterocycles. The minimum Gasteiger partial charge on any atom is -0.375 e. The van der Waals surface area contributed by atoms with Crippen LogP contribution in [0.4, 0.5) is 0 Å². The molecule has 1 aliphatic heterocycles. The second-order valence-corrected chi connectivity index (χ2v) is 10.5. The summed E-state index contributed by atoms with van der Waals surface area (Å²) in [7, 11) is -3.51. The lowest BCUT2D eigenvalue weighted by Crippen LogP contribution is -2.47. The first-order valence-electron chi connectivity index (χ1n) is 10.5. The summed E-state index contributed by atoms with van der Waals surface area (Å²) in [5.41, 5.74) is 3.28. The molecule has 0 bridgehead atoms. The monoisotopic (exact) mass is 415 g/mol. The predicted molar refractivity (Wildman–Crippen MR) is 118 cm³/mol. The van der Waals surface area contributed by atoms with E-state index in [0.717, 1.165) is 31.2 Å². The Kier molecular flexibility index (Phi) is 6.51. The number of hydrogen-bond donors (Lipinski definition) is 1. The van der Waals surface area contributed by atoms with E-state index in [1.807, 2.05) is 19.1 Å². The van der Waals surface area contributed by atoms with Crippen molar-refractivity contribution < 1.29 is 13.2 Å². The maximum atomic E-state index is 12.7. The van der Waals surface area contributed by atoms with Crippen molar-refractivity contribution in [3.05, 3.63) is 65.2 Å². The normalized spacial score (nSPS) is 25.1. The van der Waals surface area contributed by atoms with Crippen LogP contribution in [0.3, 0.4) is 0 Å². The molecule has 0 amide bonds. The molecule has 2 aromatic carbocycles. The number of hydrogen-bond acceptors (Lipinski definition) is 3. The van der Waals surface area contributed by atoms with E-state index >= 15 is 0 Å². The molecule has 29 heavy (non-hydrogen) atoms. The van der Waals surface area contributed by atoms with Gasteiger partial charge in [-0.05, 0) is 64.2 Å². The van der Waals surface area contributed by atoms with Gasteiger partial charge in [0, 0.05) is 18.6 Å². The summed E-state index contributed by atoms with van der Waals surface area (Å²) in [5.74, 6) is 0. The van der Waals surface area contributed by atoms with Crippen LogP contribution >= 0.6 is 0 Å². The average molecular weight is 416 g/mol. The van der Waals surface area contributed by atoms with E-state index in [4.69, 9.17) is 4.74 Å². The molecule has 5 heteroatoms. The number of ether oxygens (including phenoxy) is 1. The predicted octanol–water partition coefficient (Wildman–Crippen LogP) is 4.89. The summed E-state index contributed by atoms with van der Waals surface area (Å²) < 4.78 is 34.4. The van der Waals surface area contributed by atoms with Crippen LogP contribution in [-0.4, -0.2) is 27.2 Å². The second kappa shape index (κ2) is 8.58. The Hall–Kier alpha value is -1.69. The van der Waals surface area contributed by atoms with Gasteiger partial charge in [0.05, 0.1) is 10.5 Å². The van der Waals surface area contributed by atoms with Crippen LogP contribution in [0.5, 0.6) is 0 Å². The standard InChI is InChI=1S/C24H33NO3S/c1-5-23(4)18-24(15-17-28-23,21-10-6-19(2)7-11-21)14-16-25-29(26,27)22-12-8-20(3)9-13-22/h6-13,25H,5,14-18H2,1-4H3/t23-,24-/m0/s1. The quantitative estimate of drug-likeness (QED) is 0.700. The summed E-state index contributed by atoms with van der Waals surface area (Å²) in [5, 5.41) is 0. The molecule has 0 aliphatic carbocycles. The van der Waals surface area contributed by atoms with Crippen LogP contribution in [0.25, 0.3) is 0 Å². The fourth-order valence-electron chi connectivity index (χ4n) is 4.31. The third-order valence-corrected chi connectivity index (χ3v) is 7.86. The minimum atomic E-state index is -3.51. The average Bonchev–Trinajstić information content (AvgIpc) is 2.69. The zero-order valence-electron chi connectivity index (χ0n) is 18.0. The van der Waals surface area contributed by atoms with Gasteiger partial charge < -0.3 is 4.74 Å². The van der Waals surface area contributed by atoms with Gasteiger partial charge in [0.2, 0.25) is 10.0 Å². The molecule has 1 fully saturated rings. The Bertz CT molecular complexity index is 922. The van der Waals surface area contributed by atoms with Crippen molar-refractivity contribution in [2.45, 2.75) is 69.3 Å². The van der Waals surface area contributed by atoms with E-state index in [-0.39, 0.29) is 11.0 Å². The van der Waals surface area contributed by atoms with Crippen LogP contribution in [0.1, 0.15) is 56.2 Å². The molecule has 0 radical (unpaired) electrons. The summed E-state index contributed by atoms with van der Waals surface area (Å²) in [4.78, 5) is 0.317. The molecule has 2 atom stereocenters. The fraction of sp³-hybridized carbons (Fsp3) is 0.500. The summed E-state index contributed by atoms with van der Waals surface area (Å²) in [6.45, 7) is 9.47. The van der Waals surface area contributed by atoms with Crippen molar-refractivity contribution in [3.63, 3.8) is 0 Å². The summed E-state index contributed by atoms with van der Waals surface area (Å²) >= 11 is 0. The van der Waals surface area contributed by atoms with Crippen LogP contribution in [0.15, 0.2) is 53.4 Å². The van der Waals surface area contributed by atoms with Crippen LogP contribution in [-0.2, 0) is 20.2 Å². The Morgan fingerprint density at radius 2 is 1.59 bits per heavy atom. The smallest absolute Gasteiger partial charge is 0.240 e. The third-order valence-electron chi connectivity index (χ3n) is 6.38. The number of nitrogens with one attached hydrogen (secondary N) is 1.